The Labute approximate surface area is 136 Å². The minimum atomic E-state index is -3.58. The summed E-state index contributed by atoms with van der Waals surface area (Å²) >= 11 is 6.01. The Hall–Kier alpha value is -1.56. The van der Waals surface area contributed by atoms with Crippen LogP contribution in [0.4, 0.5) is 0 Å². The summed E-state index contributed by atoms with van der Waals surface area (Å²) in [5.74, 6) is 0.732. The maximum absolute atomic E-state index is 12.4. The van der Waals surface area contributed by atoms with Crippen LogP contribution in [0.3, 0.4) is 0 Å². The van der Waals surface area contributed by atoms with E-state index in [0.29, 0.717) is 10.6 Å². The van der Waals surface area contributed by atoms with Crippen LogP contribution in [-0.4, -0.2) is 15.5 Å². The van der Waals surface area contributed by atoms with E-state index in [1.807, 2.05) is 12.1 Å². The maximum Gasteiger partial charge on any atom is 0.241 e. The number of nitrogens with one attached hydrogen (secondary N) is 1. The third-order valence-corrected chi connectivity index (χ3v) is 5.32. The number of aryl methyl sites for hydroxylation is 2. The molecule has 0 unspecified atom stereocenters. The predicted octanol–water partition coefficient (Wildman–Crippen LogP) is 3.44. The number of halogens is 1. The minimum absolute atomic E-state index is 0.216. The zero-order chi connectivity index (χ0) is 16.3. The van der Waals surface area contributed by atoms with Crippen molar-refractivity contribution in [3.05, 3.63) is 58.1 Å². The molecule has 6 heteroatoms. The molecular weight excluding hydrogens is 322 g/mol. The largest absolute Gasteiger partial charge is 0.497 e. The normalized spacial score (nSPS) is 11.5. The molecule has 4 nitrogen and oxygen atoms in total. The Morgan fingerprint density at radius 2 is 1.73 bits per heavy atom. The average Bonchev–Trinajstić information content (AvgIpc) is 2.49. The molecule has 0 bridgehead atoms. The number of methoxy groups -OCH3 is 1. The van der Waals surface area contributed by atoms with Crippen molar-refractivity contribution in [2.75, 3.05) is 7.11 Å². The van der Waals surface area contributed by atoms with E-state index in [4.69, 9.17) is 16.3 Å². The molecule has 0 radical (unpaired) electrons. The third-order valence-electron chi connectivity index (χ3n) is 3.37. The smallest absolute Gasteiger partial charge is 0.241 e. The van der Waals surface area contributed by atoms with Gasteiger partial charge < -0.3 is 4.74 Å². The predicted molar refractivity (Wildman–Crippen MR) is 87.9 cm³/mol. The second kappa shape index (κ2) is 6.69. The van der Waals surface area contributed by atoms with Gasteiger partial charge in [0.15, 0.2) is 0 Å². The molecule has 2 aromatic carbocycles. The van der Waals surface area contributed by atoms with Gasteiger partial charge in [-0.25, -0.2) is 13.1 Å². The van der Waals surface area contributed by atoms with Crippen molar-refractivity contribution >= 4 is 21.6 Å². The van der Waals surface area contributed by atoms with Gasteiger partial charge >= 0.3 is 0 Å². The fourth-order valence-electron chi connectivity index (χ4n) is 2.04. The molecule has 0 saturated heterocycles. The first-order chi connectivity index (χ1) is 10.3. The maximum atomic E-state index is 12.4. The van der Waals surface area contributed by atoms with Gasteiger partial charge in [0.2, 0.25) is 10.0 Å². The van der Waals surface area contributed by atoms with Crippen LogP contribution < -0.4 is 9.46 Å². The van der Waals surface area contributed by atoms with Crippen LogP contribution in [0.2, 0.25) is 5.02 Å². The zero-order valence-corrected chi connectivity index (χ0v) is 14.3. The van der Waals surface area contributed by atoms with E-state index in [9.17, 15) is 8.42 Å². The summed E-state index contributed by atoms with van der Waals surface area (Å²) in [5, 5.41) is 0.562. The number of hydrogen-bond acceptors (Lipinski definition) is 3. The van der Waals surface area contributed by atoms with Crippen LogP contribution in [-0.2, 0) is 16.6 Å². The van der Waals surface area contributed by atoms with Crippen molar-refractivity contribution in [3.8, 4) is 5.75 Å². The standard InChI is InChI=1S/C16H18ClNO3S/c1-11-9-16(12(2)8-15(11)17)22(19,20)18-10-13-4-6-14(21-3)7-5-13/h4-9,18H,10H2,1-3H3. The van der Waals surface area contributed by atoms with Crippen LogP contribution >= 0.6 is 11.6 Å². The first kappa shape index (κ1) is 16.8. The molecule has 0 aromatic heterocycles. The third kappa shape index (κ3) is 3.80. The van der Waals surface area contributed by atoms with E-state index in [1.54, 1.807) is 45.2 Å². The van der Waals surface area contributed by atoms with Crippen LogP contribution in [0, 0.1) is 13.8 Å². The van der Waals surface area contributed by atoms with Gasteiger partial charge in [-0.1, -0.05) is 23.7 Å². The molecule has 22 heavy (non-hydrogen) atoms. The van der Waals surface area contributed by atoms with E-state index in [2.05, 4.69) is 4.72 Å². The van der Waals surface area contributed by atoms with E-state index in [-0.39, 0.29) is 11.4 Å². The monoisotopic (exact) mass is 339 g/mol. The van der Waals surface area contributed by atoms with Crippen LogP contribution in [0.5, 0.6) is 5.75 Å². The van der Waals surface area contributed by atoms with Gasteiger partial charge in [0.05, 0.1) is 12.0 Å². The number of hydrogen-bond donors (Lipinski definition) is 1. The second-order valence-electron chi connectivity index (χ2n) is 5.04. The van der Waals surface area contributed by atoms with Gasteiger partial charge in [-0.05, 0) is 54.8 Å². The molecule has 118 valence electrons. The highest BCUT2D eigenvalue weighted by Crippen LogP contribution is 2.24. The van der Waals surface area contributed by atoms with Crippen molar-refractivity contribution in [3.63, 3.8) is 0 Å². The summed E-state index contributed by atoms with van der Waals surface area (Å²) in [5.41, 5.74) is 2.21. The fourth-order valence-corrected chi connectivity index (χ4v) is 3.59. The summed E-state index contributed by atoms with van der Waals surface area (Å²) in [6.45, 7) is 3.73. The molecule has 0 atom stereocenters. The Morgan fingerprint density at radius 3 is 2.32 bits per heavy atom. The van der Waals surface area contributed by atoms with Gasteiger partial charge in [0.1, 0.15) is 5.75 Å². The first-order valence-corrected chi connectivity index (χ1v) is 8.59. The number of benzene rings is 2. The Morgan fingerprint density at radius 1 is 1.09 bits per heavy atom. The molecule has 0 spiro atoms. The van der Waals surface area contributed by atoms with Gasteiger partial charge in [0, 0.05) is 11.6 Å². The van der Waals surface area contributed by atoms with Gasteiger partial charge in [-0.15, -0.1) is 0 Å². The summed E-state index contributed by atoms with van der Waals surface area (Å²) in [7, 11) is -2.00. The molecule has 0 aliphatic heterocycles. The molecular formula is C16H18ClNO3S. The lowest BCUT2D eigenvalue weighted by Gasteiger charge is -2.11. The summed E-state index contributed by atoms with van der Waals surface area (Å²) < 4.78 is 32.5. The van der Waals surface area contributed by atoms with Gasteiger partial charge in [-0.2, -0.15) is 0 Å². The second-order valence-corrected chi connectivity index (χ2v) is 7.18. The zero-order valence-electron chi connectivity index (χ0n) is 12.7. The highest BCUT2D eigenvalue weighted by Gasteiger charge is 2.17. The highest BCUT2D eigenvalue weighted by molar-refractivity contribution is 7.89. The van der Waals surface area contributed by atoms with Crippen molar-refractivity contribution in [2.24, 2.45) is 0 Å². The van der Waals surface area contributed by atoms with Crippen molar-refractivity contribution in [1.82, 2.24) is 4.72 Å². The topological polar surface area (TPSA) is 55.4 Å². The lowest BCUT2D eigenvalue weighted by molar-refractivity contribution is 0.414. The Balaban J connectivity index is 2.19. The highest BCUT2D eigenvalue weighted by atomic mass is 35.5. The molecule has 0 heterocycles. The summed E-state index contributed by atoms with van der Waals surface area (Å²) in [6, 6.07) is 10.5. The van der Waals surface area contributed by atoms with Gasteiger partial charge in [-0.3, -0.25) is 0 Å². The lowest BCUT2D eigenvalue weighted by Crippen LogP contribution is -2.24. The SMILES string of the molecule is COc1ccc(CNS(=O)(=O)c2cc(C)c(Cl)cc2C)cc1. The first-order valence-electron chi connectivity index (χ1n) is 6.73. The molecule has 0 saturated carbocycles. The Bertz CT molecular complexity index is 771. The minimum Gasteiger partial charge on any atom is -0.497 e. The fraction of sp³-hybridized carbons (Fsp3) is 0.250. The van der Waals surface area contributed by atoms with E-state index in [1.165, 1.54) is 0 Å². The average molecular weight is 340 g/mol. The lowest BCUT2D eigenvalue weighted by atomic mass is 10.2. The van der Waals surface area contributed by atoms with E-state index in [0.717, 1.165) is 16.9 Å². The van der Waals surface area contributed by atoms with Crippen molar-refractivity contribution in [2.45, 2.75) is 25.3 Å². The summed E-state index contributed by atoms with van der Waals surface area (Å²) in [6.07, 6.45) is 0. The molecule has 2 rings (SSSR count). The quantitative estimate of drug-likeness (QED) is 0.907. The molecule has 0 amide bonds. The molecule has 0 fully saturated rings. The van der Waals surface area contributed by atoms with Gasteiger partial charge in [0.25, 0.3) is 0 Å². The number of rotatable bonds is 5. The van der Waals surface area contributed by atoms with Crippen LogP contribution in [0.1, 0.15) is 16.7 Å². The number of sulfonamides is 1. The van der Waals surface area contributed by atoms with Crippen LogP contribution in [0.25, 0.3) is 0 Å². The van der Waals surface area contributed by atoms with Crippen molar-refractivity contribution in [1.29, 1.82) is 0 Å². The van der Waals surface area contributed by atoms with E-state index >= 15 is 0 Å². The molecule has 1 N–H and O–H groups in total. The van der Waals surface area contributed by atoms with E-state index < -0.39 is 10.0 Å². The molecule has 0 aliphatic carbocycles. The number of ether oxygens (including phenoxy) is 1. The van der Waals surface area contributed by atoms with Crippen LogP contribution in [0.15, 0.2) is 41.3 Å². The Kier molecular flexibility index (Phi) is 5.11. The van der Waals surface area contributed by atoms with Crippen molar-refractivity contribution < 1.29 is 13.2 Å². The summed E-state index contributed by atoms with van der Waals surface area (Å²) in [4.78, 5) is 0.253. The molecule has 2 aromatic rings. The molecule has 0 aliphatic rings.